The summed E-state index contributed by atoms with van der Waals surface area (Å²) in [6.45, 7) is 3.26. The van der Waals surface area contributed by atoms with Crippen LogP contribution in [0.1, 0.15) is 42.4 Å². The summed E-state index contributed by atoms with van der Waals surface area (Å²) in [5.74, 6) is 0.220. The van der Waals surface area contributed by atoms with E-state index < -0.39 is 17.5 Å². The molecular weight excluding hydrogens is 630 g/mol. The summed E-state index contributed by atoms with van der Waals surface area (Å²) in [7, 11) is 0. The van der Waals surface area contributed by atoms with Gasteiger partial charge in [-0.3, -0.25) is 19.8 Å². The highest BCUT2D eigenvalue weighted by molar-refractivity contribution is 9.10. The van der Waals surface area contributed by atoms with Crippen LogP contribution < -0.4 is 14.8 Å². The zero-order valence-electron chi connectivity index (χ0n) is 21.2. The van der Waals surface area contributed by atoms with E-state index in [0.717, 1.165) is 28.4 Å². The zero-order valence-corrected chi connectivity index (χ0v) is 24.4. The van der Waals surface area contributed by atoms with Crippen LogP contribution in [0.2, 0.25) is 0 Å². The smallest absolute Gasteiger partial charge is 0.256 e. The topological polar surface area (TPSA) is 93.9 Å². The minimum Gasteiger partial charge on any atom is -0.490 e. The highest BCUT2D eigenvalue weighted by Crippen LogP contribution is 2.58. The maximum atomic E-state index is 13.7. The van der Waals surface area contributed by atoms with Gasteiger partial charge in [-0.05, 0) is 77.2 Å². The number of benzene rings is 3. The second-order valence-corrected chi connectivity index (χ2v) is 11.9. The van der Waals surface area contributed by atoms with Crippen molar-refractivity contribution in [1.82, 2.24) is 4.90 Å². The van der Waals surface area contributed by atoms with E-state index in [1.807, 2.05) is 67.6 Å². The van der Waals surface area contributed by atoms with Gasteiger partial charge in [0.05, 0.1) is 17.0 Å². The molecule has 0 bridgehead atoms. The van der Waals surface area contributed by atoms with Crippen LogP contribution in [0.5, 0.6) is 11.5 Å². The molecule has 1 amide bonds. The number of hydrogen-bond donors (Lipinski definition) is 1. The Balaban J connectivity index is 1.43. The van der Waals surface area contributed by atoms with E-state index in [9.17, 15) is 14.9 Å². The van der Waals surface area contributed by atoms with Crippen molar-refractivity contribution < 1.29 is 19.2 Å². The fourth-order valence-corrected chi connectivity index (χ4v) is 7.53. The van der Waals surface area contributed by atoms with Gasteiger partial charge < -0.3 is 14.8 Å². The van der Waals surface area contributed by atoms with Gasteiger partial charge in [0.15, 0.2) is 17.0 Å². The van der Waals surface area contributed by atoms with Crippen LogP contribution in [0.25, 0.3) is 0 Å². The second kappa shape index (κ2) is 10.2. The number of para-hydroxylation sites is 1. The molecular formula is C29H27Br2N3O5. The number of anilines is 1. The van der Waals surface area contributed by atoms with Crippen molar-refractivity contribution in [3.8, 4) is 11.5 Å². The summed E-state index contributed by atoms with van der Waals surface area (Å²) in [6, 6.07) is 17.7. The fourth-order valence-electron chi connectivity index (χ4n) is 6.69. The van der Waals surface area contributed by atoms with Crippen molar-refractivity contribution in [1.29, 1.82) is 0 Å². The molecule has 0 saturated carbocycles. The van der Waals surface area contributed by atoms with E-state index in [1.54, 1.807) is 0 Å². The predicted octanol–water partition coefficient (Wildman–Crippen LogP) is 6.24. The van der Waals surface area contributed by atoms with Crippen molar-refractivity contribution in [3.05, 3.63) is 96.4 Å². The first kappa shape index (κ1) is 26.3. The van der Waals surface area contributed by atoms with Crippen LogP contribution in [-0.4, -0.2) is 41.0 Å². The first-order valence-electron chi connectivity index (χ1n) is 13.0. The molecule has 10 heteroatoms. The Morgan fingerprint density at radius 3 is 2.64 bits per heavy atom. The lowest BCUT2D eigenvalue weighted by molar-refractivity contribution is -0.534. The molecule has 8 nitrogen and oxygen atoms in total. The third-order valence-electron chi connectivity index (χ3n) is 8.11. The standard InChI is InChI=1S/C29H27Br2N3O5/c1-2-38-24-15-18(14-21(31)26(24)39-16-17-9-11-19(30)12-10-17)25-23-8-5-13-33(23)29(27(25)34(36)37)20-6-3-4-7-22(20)32-28(29)35/h3-4,6-7,9-12,14-15,23,25,27H,2,5,8,13,16H2,1H3,(H,32,35)/t23-,25+,27+,29+/m0/s1. The molecule has 3 aliphatic heterocycles. The van der Waals surface area contributed by atoms with Crippen LogP contribution in [0.4, 0.5) is 5.69 Å². The first-order chi connectivity index (χ1) is 18.9. The summed E-state index contributed by atoms with van der Waals surface area (Å²) < 4.78 is 13.8. The summed E-state index contributed by atoms with van der Waals surface area (Å²) >= 11 is 7.12. The van der Waals surface area contributed by atoms with Crippen molar-refractivity contribution in [2.24, 2.45) is 0 Å². The highest BCUT2D eigenvalue weighted by atomic mass is 79.9. The van der Waals surface area contributed by atoms with Gasteiger partial charge in [0, 0.05) is 33.2 Å². The molecule has 0 aliphatic carbocycles. The summed E-state index contributed by atoms with van der Waals surface area (Å²) in [4.78, 5) is 28.4. The monoisotopic (exact) mass is 655 g/mol. The number of ether oxygens (including phenoxy) is 2. The number of fused-ring (bicyclic) bond motifs is 4. The van der Waals surface area contributed by atoms with Gasteiger partial charge in [0.1, 0.15) is 6.61 Å². The normalized spacial score (nSPS) is 25.4. The molecule has 39 heavy (non-hydrogen) atoms. The summed E-state index contributed by atoms with van der Waals surface area (Å²) in [6.07, 6.45) is 1.65. The Labute approximate surface area is 243 Å². The van der Waals surface area contributed by atoms with Crippen LogP contribution in [0.15, 0.2) is 69.6 Å². The van der Waals surface area contributed by atoms with Crippen molar-refractivity contribution in [3.63, 3.8) is 0 Å². The van der Waals surface area contributed by atoms with Gasteiger partial charge in [-0.2, -0.15) is 0 Å². The first-order valence-corrected chi connectivity index (χ1v) is 14.6. The van der Waals surface area contributed by atoms with Gasteiger partial charge in [0.2, 0.25) is 0 Å². The Bertz CT molecular complexity index is 1450. The number of carbonyl (C=O) groups is 1. The molecule has 1 spiro atoms. The Kier molecular flexibility index (Phi) is 6.89. The fraction of sp³-hybridized carbons (Fsp3) is 0.345. The lowest BCUT2D eigenvalue weighted by Crippen LogP contribution is -2.55. The third kappa shape index (κ3) is 4.15. The Morgan fingerprint density at radius 1 is 1.13 bits per heavy atom. The van der Waals surface area contributed by atoms with E-state index in [2.05, 4.69) is 42.1 Å². The van der Waals surface area contributed by atoms with Crippen LogP contribution in [0.3, 0.4) is 0 Å². The molecule has 0 unspecified atom stereocenters. The van der Waals surface area contributed by atoms with E-state index in [1.165, 1.54) is 0 Å². The number of amides is 1. The SMILES string of the molecule is CCOc1cc([C@@H]2[C@@H]3CCCN3[C@@]3(C(=O)Nc4ccccc43)[C@@H]2[N+](=O)[O-])cc(Br)c1OCc1ccc(Br)cc1. The molecule has 1 N–H and O–H groups in total. The van der Waals surface area contributed by atoms with Crippen LogP contribution >= 0.6 is 31.9 Å². The van der Waals surface area contributed by atoms with Gasteiger partial charge in [-0.25, -0.2) is 0 Å². The maximum Gasteiger partial charge on any atom is 0.256 e. The molecule has 0 aromatic heterocycles. The number of nitro groups is 1. The number of hydrogen-bond acceptors (Lipinski definition) is 6. The zero-order chi connectivity index (χ0) is 27.3. The minimum absolute atomic E-state index is 0.159. The molecule has 2 fully saturated rings. The average Bonchev–Trinajstić information content (AvgIpc) is 3.57. The maximum absolute atomic E-state index is 13.7. The summed E-state index contributed by atoms with van der Waals surface area (Å²) in [5, 5.41) is 15.9. The number of halogens is 2. The van der Waals surface area contributed by atoms with E-state index in [0.29, 0.717) is 47.0 Å². The second-order valence-electron chi connectivity index (χ2n) is 10.1. The molecule has 202 valence electrons. The quantitative estimate of drug-likeness (QED) is 0.239. The Hall–Kier alpha value is -2.95. The van der Waals surface area contributed by atoms with Gasteiger partial charge in [-0.15, -0.1) is 0 Å². The minimum atomic E-state index is -1.36. The molecule has 3 aromatic carbocycles. The van der Waals surface area contributed by atoms with Gasteiger partial charge >= 0.3 is 0 Å². The van der Waals surface area contributed by atoms with E-state index >= 15 is 0 Å². The molecule has 4 atom stereocenters. The van der Waals surface area contributed by atoms with Gasteiger partial charge in [-0.1, -0.05) is 46.3 Å². The van der Waals surface area contributed by atoms with Crippen LogP contribution in [0, 0.1) is 10.1 Å². The molecule has 3 heterocycles. The molecule has 3 aliphatic rings. The number of nitrogens with zero attached hydrogens (tertiary/aromatic N) is 2. The average molecular weight is 657 g/mol. The molecule has 2 saturated heterocycles. The van der Waals surface area contributed by atoms with Crippen LogP contribution in [-0.2, 0) is 16.9 Å². The molecule has 3 aromatic rings. The number of carbonyl (C=O) groups excluding carboxylic acids is 1. The van der Waals surface area contributed by atoms with E-state index in [4.69, 9.17) is 9.47 Å². The third-order valence-corrected chi connectivity index (χ3v) is 9.22. The van der Waals surface area contributed by atoms with Crippen molar-refractivity contribution in [2.45, 2.75) is 49.9 Å². The van der Waals surface area contributed by atoms with Crippen molar-refractivity contribution >= 4 is 43.5 Å². The lowest BCUT2D eigenvalue weighted by Gasteiger charge is -2.32. The lowest BCUT2D eigenvalue weighted by atomic mass is 9.77. The largest absolute Gasteiger partial charge is 0.490 e. The van der Waals surface area contributed by atoms with E-state index in [-0.39, 0.29) is 16.9 Å². The molecule has 0 radical (unpaired) electrons. The summed E-state index contributed by atoms with van der Waals surface area (Å²) in [5.41, 5.74) is 1.73. The van der Waals surface area contributed by atoms with Gasteiger partial charge in [0.25, 0.3) is 11.9 Å². The van der Waals surface area contributed by atoms with Crippen molar-refractivity contribution in [2.75, 3.05) is 18.5 Å². The predicted molar refractivity (Wildman–Crippen MR) is 154 cm³/mol. The Morgan fingerprint density at radius 2 is 1.90 bits per heavy atom. The number of nitrogens with one attached hydrogen (secondary N) is 1. The number of rotatable bonds is 7. The highest BCUT2D eigenvalue weighted by Gasteiger charge is 2.73. The molecule has 6 rings (SSSR count).